The first kappa shape index (κ1) is 25.6. The third-order valence-corrected chi connectivity index (χ3v) is 8.02. The smallest absolute Gasteiger partial charge is 0.294 e. The molecule has 0 atom stereocenters. The van der Waals surface area contributed by atoms with Crippen LogP contribution in [0.1, 0.15) is 22.3 Å². The number of halogens is 2. The molecule has 188 valence electrons. The minimum Gasteiger partial charge on any atom is -0.488 e. The van der Waals surface area contributed by atoms with Crippen molar-refractivity contribution in [2.24, 2.45) is 0 Å². The van der Waals surface area contributed by atoms with Gasteiger partial charge in [-0.15, -0.1) is 0 Å². The van der Waals surface area contributed by atoms with Crippen LogP contribution in [-0.2, 0) is 29.2 Å². The second-order valence-electron chi connectivity index (χ2n) is 8.66. The van der Waals surface area contributed by atoms with Gasteiger partial charge in [0.2, 0.25) is 5.91 Å². The molecule has 37 heavy (non-hydrogen) atoms. The fraction of sp³-hybridized carbons (Fsp3) is 0.179. The molecule has 0 saturated carbocycles. The number of nitrogens with zero attached hydrogens (tertiary/aromatic N) is 2. The molecule has 0 aromatic heterocycles. The first-order chi connectivity index (χ1) is 17.9. The highest BCUT2D eigenvalue weighted by Crippen LogP contribution is 2.35. The van der Waals surface area contributed by atoms with E-state index in [2.05, 4.69) is 22.0 Å². The first-order valence-corrected chi connectivity index (χ1v) is 13.6. The molecule has 3 aromatic rings. The van der Waals surface area contributed by atoms with E-state index < -0.39 is 11.1 Å². The summed E-state index contributed by atoms with van der Waals surface area (Å²) in [7, 11) is 0. The second-order valence-corrected chi connectivity index (χ2v) is 11.0. The van der Waals surface area contributed by atoms with Crippen molar-refractivity contribution in [2.75, 3.05) is 13.1 Å². The summed E-state index contributed by atoms with van der Waals surface area (Å²) < 4.78 is 6.80. The highest BCUT2D eigenvalue weighted by atomic mass is 79.9. The van der Waals surface area contributed by atoms with Gasteiger partial charge >= 0.3 is 0 Å². The van der Waals surface area contributed by atoms with Crippen LogP contribution in [0.25, 0.3) is 6.08 Å². The Bertz CT molecular complexity index is 1430. The fourth-order valence-corrected chi connectivity index (χ4v) is 5.65. The highest BCUT2D eigenvalue weighted by molar-refractivity contribution is 9.10. The van der Waals surface area contributed by atoms with Crippen LogP contribution < -0.4 is 4.74 Å². The highest BCUT2D eigenvalue weighted by Gasteiger charge is 2.37. The van der Waals surface area contributed by atoms with E-state index in [1.165, 1.54) is 5.56 Å². The third kappa shape index (κ3) is 5.76. The van der Waals surface area contributed by atoms with E-state index in [1.807, 2.05) is 48.5 Å². The van der Waals surface area contributed by atoms with E-state index >= 15 is 0 Å². The predicted molar refractivity (Wildman–Crippen MR) is 148 cm³/mol. The molecule has 2 heterocycles. The van der Waals surface area contributed by atoms with Crippen molar-refractivity contribution in [1.29, 1.82) is 0 Å². The van der Waals surface area contributed by atoms with Crippen molar-refractivity contribution in [3.8, 4) is 5.75 Å². The molecule has 2 aliphatic rings. The molecule has 6 nitrogen and oxygen atoms in total. The maximum atomic E-state index is 13.1. The van der Waals surface area contributed by atoms with Crippen molar-refractivity contribution in [2.45, 2.75) is 19.6 Å². The maximum Gasteiger partial charge on any atom is 0.294 e. The molecule has 5 rings (SSSR count). The Hall–Kier alpha value is -3.07. The van der Waals surface area contributed by atoms with E-state index in [0.29, 0.717) is 29.4 Å². The lowest BCUT2D eigenvalue weighted by atomic mass is 10.00. The van der Waals surface area contributed by atoms with Crippen molar-refractivity contribution < 1.29 is 19.1 Å². The van der Waals surface area contributed by atoms with Crippen LogP contribution in [0.3, 0.4) is 0 Å². The average molecular weight is 598 g/mol. The summed E-state index contributed by atoms with van der Waals surface area (Å²) in [5.41, 5.74) is 3.78. The lowest BCUT2D eigenvalue weighted by Crippen LogP contribution is -2.44. The summed E-state index contributed by atoms with van der Waals surface area (Å²) in [6.45, 7) is 1.01. The number of hydrogen-bond acceptors (Lipinski definition) is 5. The van der Waals surface area contributed by atoms with E-state index in [0.717, 1.165) is 38.7 Å². The van der Waals surface area contributed by atoms with E-state index in [-0.39, 0.29) is 24.0 Å². The summed E-state index contributed by atoms with van der Waals surface area (Å²) in [4.78, 5) is 41.8. The monoisotopic (exact) mass is 596 g/mol. The van der Waals surface area contributed by atoms with Crippen LogP contribution in [0.15, 0.2) is 76.1 Å². The summed E-state index contributed by atoms with van der Waals surface area (Å²) in [6, 6.07) is 20.8. The predicted octanol–water partition coefficient (Wildman–Crippen LogP) is 6.30. The van der Waals surface area contributed by atoms with Gasteiger partial charge in [-0.25, -0.2) is 0 Å². The molecule has 0 unspecified atom stereocenters. The third-order valence-electron chi connectivity index (χ3n) is 6.25. The average Bonchev–Trinajstić information content (AvgIpc) is 3.16. The lowest BCUT2D eigenvalue weighted by Gasteiger charge is -2.29. The Labute approximate surface area is 232 Å². The Morgan fingerprint density at radius 2 is 1.81 bits per heavy atom. The number of ether oxygens (including phenoxy) is 1. The molecule has 1 saturated heterocycles. The van der Waals surface area contributed by atoms with Crippen LogP contribution in [-0.4, -0.2) is 39.9 Å². The lowest BCUT2D eigenvalue weighted by molar-refractivity contribution is -0.136. The number of imide groups is 1. The summed E-state index contributed by atoms with van der Waals surface area (Å²) in [5.74, 6) is -0.194. The molecule has 3 amide bonds. The standard InChI is InChI=1S/C28H22BrClN2O4S/c29-22-9-10-24(36-17-20-7-3-4-8-23(20)30)21(13-22)14-25-27(34)32(28(35)37-25)16-26(33)31-12-11-18-5-1-2-6-19(18)15-31/h1-10,13-14H,11-12,15-17H2/b25-14+. The van der Waals surface area contributed by atoms with Gasteiger partial charge in [0, 0.05) is 33.7 Å². The Morgan fingerprint density at radius 1 is 1.05 bits per heavy atom. The van der Waals surface area contributed by atoms with Crippen molar-refractivity contribution in [1.82, 2.24) is 9.80 Å². The minimum atomic E-state index is -0.488. The number of benzene rings is 3. The van der Waals surface area contributed by atoms with E-state index in [9.17, 15) is 14.4 Å². The molecular formula is C28H22BrClN2O4S. The van der Waals surface area contributed by atoms with Gasteiger partial charge in [-0.1, -0.05) is 70.0 Å². The van der Waals surface area contributed by atoms with Crippen LogP contribution in [0.5, 0.6) is 5.75 Å². The Balaban J connectivity index is 1.30. The first-order valence-electron chi connectivity index (χ1n) is 11.6. The zero-order valence-electron chi connectivity index (χ0n) is 19.7. The molecule has 0 N–H and O–H groups in total. The number of hydrogen-bond donors (Lipinski definition) is 0. The second kappa shape index (κ2) is 11.1. The van der Waals surface area contributed by atoms with Crippen LogP contribution >= 0.6 is 39.3 Å². The molecule has 0 spiro atoms. The summed E-state index contributed by atoms with van der Waals surface area (Å²) in [5, 5.41) is 0.139. The molecule has 0 aliphatic carbocycles. The molecule has 0 bridgehead atoms. The molecule has 9 heteroatoms. The summed E-state index contributed by atoms with van der Waals surface area (Å²) in [6.07, 6.45) is 2.38. The largest absolute Gasteiger partial charge is 0.488 e. The molecule has 1 fully saturated rings. The van der Waals surface area contributed by atoms with Gasteiger partial charge in [0.15, 0.2) is 0 Å². The zero-order chi connectivity index (χ0) is 25.9. The van der Waals surface area contributed by atoms with E-state index in [1.54, 1.807) is 23.1 Å². The Kier molecular flexibility index (Phi) is 7.69. The minimum absolute atomic E-state index is 0.238. The van der Waals surface area contributed by atoms with Gasteiger partial charge in [-0.05, 0) is 59.7 Å². The van der Waals surface area contributed by atoms with Crippen molar-refractivity contribution in [3.63, 3.8) is 0 Å². The fourth-order valence-electron chi connectivity index (χ4n) is 4.26. The van der Waals surface area contributed by atoms with Crippen LogP contribution in [0.4, 0.5) is 4.79 Å². The van der Waals surface area contributed by atoms with Crippen molar-refractivity contribution in [3.05, 3.63) is 103 Å². The molecule has 3 aromatic carbocycles. The summed E-state index contributed by atoms with van der Waals surface area (Å²) >= 11 is 10.5. The Morgan fingerprint density at radius 3 is 2.62 bits per heavy atom. The molecule has 2 aliphatic heterocycles. The number of thioether (sulfide) groups is 1. The van der Waals surface area contributed by atoms with Gasteiger partial charge in [-0.2, -0.15) is 0 Å². The van der Waals surface area contributed by atoms with Crippen LogP contribution in [0, 0.1) is 0 Å². The number of carbonyl (C=O) groups is 3. The maximum absolute atomic E-state index is 13.1. The molecular weight excluding hydrogens is 576 g/mol. The number of rotatable bonds is 6. The van der Waals surface area contributed by atoms with Gasteiger partial charge in [0.05, 0.1) is 4.91 Å². The van der Waals surface area contributed by atoms with Gasteiger partial charge in [-0.3, -0.25) is 19.3 Å². The zero-order valence-corrected chi connectivity index (χ0v) is 22.8. The number of amides is 3. The molecule has 0 radical (unpaired) electrons. The van der Waals surface area contributed by atoms with Crippen molar-refractivity contribution >= 4 is 62.4 Å². The number of carbonyl (C=O) groups excluding carboxylic acids is 3. The topological polar surface area (TPSA) is 66.9 Å². The van der Waals surface area contributed by atoms with Gasteiger partial charge in [0.1, 0.15) is 18.9 Å². The van der Waals surface area contributed by atoms with Gasteiger partial charge < -0.3 is 9.64 Å². The van der Waals surface area contributed by atoms with Gasteiger partial charge in [0.25, 0.3) is 11.1 Å². The number of fused-ring (bicyclic) bond motifs is 1. The van der Waals surface area contributed by atoms with Crippen LogP contribution in [0.2, 0.25) is 5.02 Å². The normalized spacial score (nSPS) is 16.3. The SMILES string of the molecule is O=C(CN1C(=O)S/C(=C/c2cc(Br)ccc2OCc2ccccc2Cl)C1=O)N1CCc2ccccc2C1. The van der Waals surface area contributed by atoms with E-state index in [4.69, 9.17) is 16.3 Å². The quantitative estimate of drug-likeness (QED) is 0.312.